The number of hydrogen-bond acceptors (Lipinski definition) is 8. The van der Waals surface area contributed by atoms with Crippen molar-refractivity contribution in [2.75, 3.05) is 19.8 Å². The van der Waals surface area contributed by atoms with E-state index in [0.29, 0.717) is 12.8 Å². The number of carbonyl (C=O) groups is 3. The van der Waals surface area contributed by atoms with Gasteiger partial charge in [0.2, 0.25) is 5.91 Å². The Morgan fingerprint density at radius 1 is 0.485 bits per heavy atom. The summed E-state index contributed by atoms with van der Waals surface area (Å²) in [5, 5.41) is 21.9. The lowest BCUT2D eigenvalue weighted by Gasteiger charge is -2.18. The summed E-state index contributed by atoms with van der Waals surface area (Å²) in [6.45, 7) is 2.52. The number of allylic oxidation sites excluding steroid dienone is 14. The average Bonchev–Trinajstić information content (AvgIpc) is 3.29. The Hall–Kier alpha value is -3.34. The first-order valence-corrected chi connectivity index (χ1v) is 27.1. The second-order valence-electron chi connectivity index (χ2n) is 17.0. The molecule has 0 aliphatic heterocycles. The molecule has 0 aliphatic carbocycles. The van der Waals surface area contributed by atoms with Crippen LogP contribution >= 0.6 is 7.82 Å². The van der Waals surface area contributed by atoms with Gasteiger partial charge >= 0.3 is 19.8 Å². The van der Waals surface area contributed by atoms with Gasteiger partial charge in [0, 0.05) is 12.8 Å². The summed E-state index contributed by atoms with van der Waals surface area (Å²) >= 11 is 0. The van der Waals surface area contributed by atoms with Gasteiger partial charge < -0.3 is 25.2 Å². The fourth-order valence-corrected chi connectivity index (χ4v) is 7.43. The first kappa shape index (κ1) is 62.7. The number of rotatable bonds is 47. The predicted molar refractivity (Wildman–Crippen MR) is 272 cm³/mol. The van der Waals surface area contributed by atoms with Gasteiger partial charge in [0.1, 0.15) is 12.7 Å². The van der Waals surface area contributed by atoms with Crippen LogP contribution in [0.1, 0.15) is 206 Å². The van der Waals surface area contributed by atoms with Crippen LogP contribution in [0, 0.1) is 0 Å². The van der Waals surface area contributed by atoms with Gasteiger partial charge in [-0.2, -0.15) is 0 Å². The van der Waals surface area contributed by atoms with Crippen LogP contribution in [0.5, 0.6) is 0 Å². The van der Waals surface area contributed by atoms with E-state index in [2.05, 4.69) is 104 Å². The molecule has 0 aliphatic rings. The molecule has 1 amide bonds. The SMILES string of the molecule is CCCCC/C=C\C/C=C\C/C=C\C/C=C\CCCCCCCC(=O)OCC(O)COP(=O)(O)OCC(NC(=O)CCCCCCCCCC/C=C\C/C=C\C/C=C\CCCCC)C(=O)O. The Bertz CT molecular complexity index is 1440. The topological polar surface area (TPSA) is 169 Å². The van der Waals surface area contributed by atoms with Crippen molar-refractivity contribution in [3.63, 3.8) is 0 Å². The van der Waals surface area contributed by atoms with Gasteiger partial charge in [0.05, 0.1) is 13.2 Å². The van der Waals surface area contributed by atoms with E-state index in [1.807, 2.05) is 0 Å². The zero-order chi connectivity index (χ0) is 48.4. The van der Waals surface area contributed by atoms with Crippen LogP contribution in [0.15, 0.2) is 85.1 Å². The molecule has 66 heavy (non-hydrogen) atoms. The van der Waals surface area contributed by atoms with Gasteiger partial charge in [-0.25, -0.2) is 9.36 Å². The minimum Gasteiger partial charge on any atom is -0.480 e. The number of aliphatic hydroxyl groups excluding tert-OH is 1. The number of hydrogen-bond donors (Lipinski definition) is 4. The number of aliphatic carboxylic acids is 1. The highest BCUT2D eigenvalue weighted by molar-refractivity contribution is 7.47. The first-order valence-electron chi connectivity index (χ1n) is 25.6. The van der Waals surface area contributed by atoms with Crippen molar-refractivity contribution in [3.05, 3.63) is 85.1 Å². The number of nitrogens with one attached hydrogen (secondary N) is 1. The van der Waals surface area contributed by atoms with E-state index in [0.717, 1.165) is 96.3 Å². The summed E-state index contributed by atoms with van der Waals surface area (Å²) < 4.78 is 26.9. The van der Waals surface area contributed by atoms with E-state index in [4.69, 9.17) is 13.8 Å². The number of phosphoric ester groups is 1. The van der Waals surface area contributed by atoms with E-state index in [-0.39, 0.29) is 12.8 Å². The van der Waals surface area contributed by atoms with Crippen molar-refractivity contribution in [1.82, 2.24) is 5.32 Å². The van der Waals surface area contributed by atoms with Gasteiger partial charge in [-0.1, -0.05) is 182 Å². The normalized spacial score (nSPS) is 14.2. The third kappa shape index (κ3) is 47.2. The number of carboxylic acids is 1. The van der Waals surface area contributed by atoms with E-state index in [1.165, 1.54) is 70.6 Å². The molecule has 0 bridgehead atoms. The van der Waals surface area contributed by atoms with E-state index in [9.17, 15) is 34.1 Å². The predicted octanol–water partition coefficient (Wildman–Crippen LogP) is 14.2. The fraction of sp³-hybridized carbons (Fsp3) is 0.685. The maximum absolute atomic E-state index is 12.4. The van der Waals surface area contributed by atoms with Gasteiger partial charge in [0.15, 0.2) is 6.04 Å². The van der Waals surface area contributed by atoms with Crippen LogP contribution in [0.25, 0.3) is 0 Å². The highest BCUT2D eigenvalue weighted by atomic mass is 31.2. The Morgan fingerprint density at radius 2 is 0.833 bits per heavy atom. The molecule has 0 spiro atoms. The first-order chi connectivity index (χ1) is 32.1. The number of ether oxygens (including phenoxy) is 1. The van der Waals surface area contributed by atoms with Crippen molar-refractivity contribution in [2.24, 2.45) is 0 Å². The lowest BCUT2D eigenvalue weighted by atomic mass is 10.1. The highest BCUT2D eigenvalue weighted by Gasteiger charge is 2.28. The molecule has 0 heterocycles. The lowest BCUT2D eigenvalue weighted by molar-refractivity contribution is -0.147. The van der Waals surface area contributed by atoms with Crippen molar-refractivity contribution in [1.29, 1.82) is 0 Å². The Morgan fingerprint density at radius 3 is 1.24 bits per heavy atom. The van der Waals surface area contributed by atoms with Gasteiger partial charge in [-0.05, 0) is 96.3 Å². The molecule has 0 rings (SSSR count). The minimum atomic E-state index is -4.78. The molecule has 3 atom stereocenters. The molecular formula is C54H92NO10P. The molecular weight excluding hydrogens is 854 g/mol. The van der Waals surface area contributed by atoms with Crippen LogP contribution in [0.4, 0.5) is 0 Å². The Balaban J connectivity index is 3.90. The molecule has 0 saturated carbocycles. The van der Waals surface area contributed by atoms with Crippen molar-refractivity contribution in [2.45, 2.75) is 219 Å². The van der Waals surface area contributed by atoms with Crippen molar-refractivity contribution in [3.8, 4) is 0 Å². The molecule has 12 heteroatoms. The van der Waals surface area contributed by atoms with Crippen LogP contribution in [-0.4, -0.2) is 64.9 Å². The zero-order valence-corrected chi connectivity index (χ0v) is 42.1. The molecule has 11 nitrogen and oxygen atoms in total. The van der Waals surface area contributed by atoms with E-state index < -0.39 is 57.6 Å². The minimum absolute atomic E-state index is 0.132. The maximum Gasteiger partial charge on any atom is 0.472 e. The molecule has 0 aromatic heterocycles. The summed E-state index contributed by atoms with van der Waals surface area (Å²) in [5.74, 6) is -2.41. The standard InChI is InChI=1S/C54H92NO10P/c1-3-5-7-9-11-13-15-17-19-21-23-25-27-29-31-33-35-37-39-41-43-45-52(57)55-51(54(59)60)49-65-66(61,62)64-48-50(56)47-63-53(58)46-44-42-40-38-36-34-32-30-28-26-24-22-20-18-16-14-12-10-8-6-4-2/h11-14,17-20,23-26,30,32,50-51,56H,3-10,15-16,21-22,27-29,31,33-49H2,1-2H3,(H,55,57)(H,59,60)(H,61,62)/b13-11-,14-12-,19-17-,20-18-,25-23-,26-24-,32-30-. The smallest absolute Gasteiger partial charge is 0.472 e. The van der Waals surface area contributed by atoms with E-state index >= 15 is 0 Å². The summed E-state index contributed by atoms with van der Waals surface area (Å²) in [4.78, 5) is 46.1. The molecule has 0 aromatic carbocycles. The number of unbranched alkanes of at least 4 members (excludes halogenated alkanes) is 19. The molecule has 0 fully saturated rings. The van der Waals surface area contributed by atoms with Crippen molar-refractivity contribution >= 4 is 25.7 Å². The van der Waals surface area contributed by atoms with Crippen molar-refractivity contribution < 1.29 is 47.8 Å². The molecule has 4 N–H and O–H groups in total. The van der Waals surface area contributed by atoms with Crippen LogP contribution < -0.4 is 5.32 Å². The summed E-state index contributed by atoms with van der Waals surface area (Å²) in [5.41, 5.74) is 0. The second-order valence-corrected chi connectivity index (χ2v) is 18.5. The average molecular weight is 946 g/mol. The highest BCUT2D eigenvalue weighted by Crippen LogP contribution is 2.43. The molecule has 3 unspecified atom stereocenters. The van der Waals surface area contributed by atoms with Crippen LogP contribution in [0.2, 0.25) is 0 Å². The van der Waals surface area contributed by atoms with Gasteiger partial charge in [-0.3, -0.25) is 18.6 Å². The number of amides is 1. The van der Waals surface area contributed by atoms with Crippen LogP contribution in [0.3, 0.4) is 0 Å². The van der Waals surface area contributed by atoms with Crippen LogP contribution in [-0.2, 0) is 32.7 Å². The molecule has 0 aromatic rings. The summed E-state index contributed by atoms with van der Waals surface area (Å²) in [7, 11) is -4.78. The number of carboxylic acid groups (broad SMARTS) is 1. The third-order valence-electron chi connectivity index (χ3n) is 10.7. The number of esters is 1. The summed E-state index contributed by atoms with van der Waals surface area (Å²) in [6.07, 6.45) is 60.2. The van der Waals surface area contributed by atoms with Gasteiger partial charge in [0.25, 0.3) is 0 Å². The summed E-state index contributed by atoms with van der Waals surface area (Å²) in [6, 6.07) is -1.56. The quantitative estimate of drug-likeness (QED) is 0.0199. The maximum atomic E-state index is 12.4. The number of aliphatic hydroxyl groups is 1. The molecule has 378 valence electrons. The molecule has 0 radical (unpaired) electrons. The fourth-order valence-electron chi connectivity index (χ4n) is 6.66. The Labute approximate surface area is 401 Å². The second kappa shape index (κ2) is 48.1. The number of phosphoric acid groups is 1. The van der Waals surface area contributed by atoms with Gasteiger partial charge in [-0.15, -0.1) is 0 Å². The lowest BCUT2D eigenvalue weighted by Crippen LogP contribution is -2.43. The number of carbonyl (C=O) groups excluding carboxylic acids is 2. The Kier molecular flexibility index (Phi) is 45.7. The third-order valence-corrected chi connectivity index (χ3v) is 11.6. The zero-order valence-electron chi connectivity index (χ0n) is 41.2. The largest absolute Gasteiger partial charge is 0.480 e. The van der Waals surface area contributed by atoms with E-state index in [1.54, 1.807) is 0 Å². The molecule has 0 saturated heterocycles. The monoisotopic (exact) mass is 946 g/mol.